The lowest BCUT2D eigenvalue weighted by Crippen LogP contribution is -2.22. The molecule has 72 valence electrons. The molecule has 0 fully saturated rings. The second-order valence-corrected chi connectivity index (χ2v) is 4.44. The molecule has 1 nitrogen and oxygen atoms in total. The Morgan fingerprint density at radius 2 is 1.67 bits per heavy atom. The maximum absolute atomic E-state index is 4.07. The number of hydrogen-bond donors (Lipinski definition) is 0. The molecule has 0 unspecified atom stereocenters. The van der Waals surface area contributed by atoms with Gasteiger partial charge in [-0.25, -0.2) is 0 Å². The van der Waals surface area contributed by atoms with Crippen molar-refractivity contribution in [3.63, 3.8) is 0 Å². The summed E-state index contributed by atoms with van der Waals surface area (Å²) in [7, 11) is 2.13. The number of allylic oxidation sites excluding steroid dienone is 1. The highest BCUT2D eigenvalue weighted by molar-refractivity contribution is 4.93. The van der Waals surface area contributed by atoms with Crippen molar-refractivity contribution in [2.24, 2.45) is 11.8 Å². The summed E-state index contributed by atoms with van der Waals surface area (Å²) in [5.41, 5.74) is 1.26. The number of hydrogen-bond acceptors (Lipinski definition) is 1. The van der Waals surface area contributed by atoms with Crippen LogP contribution in [0.1, 0.15) is 34.1 Å². The molecule has 0 aromatic carbocycles. The average molecular weight is 169 g/mol. The largest absolute Gasteiger partial charge is 0.378 e. The molecule has 0 rings (SSSR count). The van der Waals surface area contributed by atoms with Gasteiger partial charge >= 0.3 is 0 Å². The summed E-state index contributed by atoms with van der Waals surface area (Å²) in [6.45, 7) is 14.1. The lowest BCUT2D eigenvalue weighted by molar-refractivity contribution is 0.340. The molecule has 0 saturated carbocycles. The standard InChI is InChI=1S/C11H23N/c1-9(2)7-11(5)12(6)8-10(3)4/h9-10H,5,7-8H2,1-4,6H3. The normalized spacial score (nSPS) is 10.9. The van der Waals surface area contributed by atoms with E-state index in [-0.39, 0.29) is 0 Å². The maximum atomic E-state index is 4.07. The SMILES string of the molecule is C=C(CC(C)C)N(C)CC(C)C. The van der Waals surface area contributed by atoms with Crippen molar-refractivity contribution in [3.8, 4) is 0 Å². The molecule has 0 aliphatic rings. The third-order valence-corrected chi connectivity index (χ3v) is 1.82. The Labute approximate surface area is 77.5 Å². The first-order chi connectivity index (χ1) is 5.43. The van der Waals surface area contributed by atoms with Crippen LogP contribution in [0.2, 0.25) is 0 Å². The molecule has 0 heterocycles. The Morgan fingerprint density at radius 1 is 1.17 bits per heavy atom. The fourth-order valence-electron chi connectivity index (χ4n) is 1.30. The molecule has 0 aliphatic heterocycles. The van der Waals surface area contributed by atoms with Crippen LogP contribution in [0, 0.1) is 11.8 Å². The van der Waals surface area contributed by atoms with Crippen LogP contribution in [-0.4, -0.2) is 18.5 Å². The number of nitrogens with zero attached hydrogens (tertiary/aromatic N) is 1. The van der Waals surface area contributed by atoms with Gasteiger partial charge in [-0.3, -0.25) is 0 Å². The van der Waals surface area contributed by atoms with Crippen LogP contribution in [0.15, 0.2) is 12.3 Å². The van der Waals surface area contributed by atoms with Crippen molar-refractivity contribution in [1.82, 2.24) is 4.90 Å². The smallest absolute Gasteiger partial charge is 0.0194 e. The van der Waals surface area contributed by atoms with E-state index in [0.29, 0.717) is 5.92 Å². The molecular weight excluding hydrogens is 146 g/mol. The highest BCUT2D eigenvalue weighted by Gasteiger charge is 2.05. The molecule has 0 saturated heterocycles. The van der Waals surface area contributed by atoms with Gasteiger partial charge in [0, 0.05) is 19.3 Å². The summed E-state index contributed by atoms with van der Waals surface area (Å²) in [4.78, 5) is 2.27. The molecule has 0 atom stereocenters. The third kappa shape index (κ3) is 5.22. The zero-order chi connectivity index (χ0) is 9.72. The van der Waals surface area contributed by atoms with E-state index in [9.17, 15) is 0 Å². The molecule has 0 bridgehead atoms. The van der Waals surface area contributed by atoms with Crippen molar-refractivity contribution in [1.29, 1.82) is 0 Å². The second-order valence-electron chi connectivity index (χ2n) is 4.44. The Balaban J connectivity index is 3.77. The van der Waals surface area contributed by atoms with Crippen LogP contribution in [0.5, 0.6) is 0 Å². The average Bonchev–Trinajstić information content (AvgIpc) is 1.84. The van der Waals surface area contributed by atoms with Gasteiger partial charge in [-0.2, -0.15) is 0 Å². The first-order valence-electron chi connectivity index (χ1n) is 4.82. The van der Waals surface area contributed by atoms with Gasteiger partial charge in [0.25, 0.3) is 0 Å². The first-order valence-corrected chi connectivity index (χ1v) is 4.82. The van der Waals surface area contributed by atoms with Gasteiger partial charge in [-0.15, -0.1) is 0 Å². The summed E-state index contributed by atoms with van der Waals surface area (Å²) in [6.07, 6.45) is 1.11. The zero-order valence-electron chi connectivity index (χ0n) is 9.22. The summed E-state index contributed by atoms with van der Waals surface area (Å²) in [6, 6.07) is 0. The third-order valence-electron chi connectivity index (χ3n) is 1.82. The Kier molecular flexibility index (Phi) is 5.03. The molecular formula is C11H23N. The van der Waals surface area contributed by atoms with E-state index in [2.05, 4.69) is 46.2 Å². The first kappa shape index (κ1) is 11.5. The van der Waals surface area contributed by atoms with Gasteiger partial charge in [-0.05, 0) is 18.3 Å². The molecule has 0 amide bonds. The van der Waals surface area contributed by atoms with E-state index in [4.69, 9.17) is 0 Å². The predicted octanol–water partition coefficient (Wildman–Crippen LogP) is 3.13. The predicted molar refractivity (Wildman–Crippen MR) is 56.1 cm³/mol. The zero-order valence-corrected chi connectivity index (χ0v) is 9.22. The minimum absolute atomic E-state index is 0.715. The van der Waals surface area contributed by atoms with Crippen molar-refractivity contribution >= 4 is 0 Å². The van der Waals surface area contributed by atoms with E-state index in [1.165, 1.54) is 5.70 Å². The van der Waals surface area contributed by atoms with E-state index >= 15 is 0 Å². The monoisotopic (exact) mass is 169 g/mol. The molecule has 0 N–H and O–H groups in total. The van der Waals surface area contributed by atoms with Crippen LogP contribution >= 0.6 is 0 Å². The van der Waals surface area contributed by atoms with Gasteiger partial charge in [0.05, 0.1) is 0 Å². The molecule has 0 radical (unpaired) electrons. The Hall–Kier alpha value is -0.460. The van der Waals surface area contributed by atoms with Gasteiger partial charge in [0.2, 0.25) is 0 Å². The molecule has 0 aromatic heterocycles. The molecule has 0 aliphatic carbocycles. The lowest BCUT2D eigenvalue weighted by atomic mass is 10.1. The van der Waals surface area contributed by atoms with Gasteiger partial charge in [0.15, 0.2) is 0 Å². The molecule has 1 heteroatoms. The Morgan fingerprint density at radius 3 is 2.00 bits per heavy atom. The van der Waals surface area contributed by atoms with Crippen molar-refractivity contribution in [2.75, 3.05) is 13.6 Å². The van der Waals surface area contributed by atoms with Gasteiger partial charge in [-0.1, -0.05) is 34.3 Å². The van der Waals surface area contributed by atoms with E-state index in [1.807, 2.05) is 0 Å². The van der Waals surface area contributed by atoms with Crippen LogP contribution in [0.3, 0.4) is 0 Å². The van der Waals surface area contributed by atoms with E-state index in [1.54, 1.807) is 0 Å². The summed E-state index contributed by atoms with van der Waals surface area (Å²) in [5, 5.41) is 0. The van der Waals surface area contributed by atoms with Crippen LogP contribution < -0.4 is 0 Å². The van der Waals surface area contributed by atoms with Gasteiger partial charge in [0.1, 0.15) is 0 Å². The van der Waals surface area contributed by atoms with Crippen molar-refractivity contribution < 1.29 is 0 Å². The molecule has 0 spiro atoms. The Bertz CT molecular complexity index is 136. The van der Waals surface area contributed by atoms with Crippen LogP contribution in [0.4, 0.5) is 0 Å². The van der Waals surface area contributed by atoms with Crippen molar-refractivity contribution in [2.45, 2.75) is 34.1 Å². The quantitative estimate of drug-likeness (QED) is 0.611. The minimum atomic E-state index is 0.715. The summed E-state index contributed by atoms with van der Waals surface area (Å²) < 4.78 is 0. The van der Waals surface area contributed by atoms with E-state index in [0.717, 1.165) is 18.9 Å². The lowest BCUT2D eigenvalue weighted by Gasteiger charge is -2.24. The highest BCUT2D eigenvalue weighted by atomic mass is 15.1. The van der Waals surface area contributed by atoms with Gasteiger partial charge < -0.3 is 4.90 Å². The number of rotatable bonds is 5. The van der Waals surface area contributed by atoms with Crippen molar-refractivity contribution in [3.05, 3.63) is 12.3 Å². The minimum Gasteiger partial charge on any atom is -0.378 e. The fourth-order valence-corrected chi connectivity index (χ4v) is 1.30. The second kappa shape index (κ2) is 5.23. The molecule has 0 aromatic rings. The molecule has 12 heavy (non-hydrogen) atoms. The fraction of sp³-hybridized carbons (Fsp3) is 0.818. The van der Waals surface area contributed by atoms with E-state index < -0.39 is 0 Å². The summed E-state index contributed by atoms with van der Waals surface area (Å²) in [5.74, 6) is 1.44. The topological polar surface area (TPSA) is 3.24 Å². The maximum Gasteiger partial charge on any atom is 0.0194 e. The highest BCUT2D eigenvalue weighted by Crippen LogP contribution is 2.12. The summed E-state index contributed by atoms with van der Waals surface area (Å²) >= 11 is 0. The van der Waals surface area contributed by atoms with Crippen LogP contribution in [-0.2, 0) is 0 Å². The van der Waals surface area contributed by atoms with Crippen LogP contribution in [0.25, 0.3) is 0 Å².